The summed E-state index contributed by atoms with van der Waals surface area (Å²) in [7, 11) is -1.91. The maximum absolute atomic E-state index is 11.7. The number of amides is 1. The molecular formula is C14H23N5O4S. The van der Waals surface area contributed by atoms with Gasteiger partial charge < -0.3 is 10.2 Å². The van der Waals surface area contributed by atoms with E-state index < -0.39 is 10.0 Å². The van der Waals surface area contributed by atoms with E-state index in [2.05, 4.69) is 15.3 Å². The van der Waals surface area contributed by atoms with Crippen molar-refractivity contribution in [2.45, 2.75) is 19.3 Å². The van der Waals surface area contributed by atoms with Gasteiger partial charge in [-0.25, -0.2) is 18.2 Å². The van der Waals surface area contributed by atoms with Gasteiger partial charge in [0.25, 0.3) is 5.56 Å². The van der Waals surface area contributed by atoms with Crippen molar-refractivity contribution in [3.8, 4) is 0 Å². The van der Waals surface area contributed by atoms with E-state index in [-0.39, 0.29) is 36.0 Å². The van der Waals surface area contributed by atoms with Gasteiger partial charge in [-0.1, -0.05) is 0 Å². The quantitative estimate of drug-likeness (QED) is 0.630. The smallest absolute Gasteiger partial charge is 0.268 e. The number of nitrogens with zero attached hydrogens (tertiary/aromatic N) is 3. The van der Waals surface area contributed by atoms with Gasteiger partial charge in [0.05, 0.1) is 17.6 Å². The van der Waals surface area contributed by atoms with Crippen LogP contribution in [0.25, 0.3) is 0 Å². The van der Waals surface area contributed by atoms with Crippen molar-refractivity contribution in [3.05, 3.63) is 22.6 Å². The number of hydrogen-bond donors (Lipinski definition) is 2. The van der Waals surface area contributed by atoms with E-state index in [0.717, 1.165) is 25.2 Å². The van der Waals surface area contributed by atoms with Crippen LogP contribution < -0.4 is 20.9 Å². The predicted molar refractivity (Wildman–Crippen MR) is 90.0 cm³/mol. The van der Waals surface area contributed by atoms with Crippen molar-refractivity contribution in [2.24, 2.45) is 18.1 Å². The van der Waals surface area contributed by atoms with Crippen LogP contribution in [0.1, 0.15) is 19.3 Å². The molecule has 2 rings (SSSR count). The molecule has 3 N–H and O–H groups in total. The van der Waals surface area contributed by atoms with Crippen LogP contribution in [0.3, 0.4) is 0 Å². The Morgan fingerprint density at radius 1 is 1.50 bits per heavy atom. The van der Waals surface area contributed by atoms with Crippen molar-refractivity contribution in [1.82, 2.24) is 15.1 Å². The molecule has 1 aromatic heterocycles. The molecule has 1 aliphatic rings. The topological polar surface area (TPSA) is 127 Å². The van der Waals surface area contributed by atoms with Crippen molar-refractivity contribution >= 4 is 21.6 Å². The number of nitrogens with one attached hydrogen (secondary N) is 1. The molecule has 1 fully saturated rings. The second-order valence-electron chi connectivity index (χ2n) is 6.05. The Labute approximate surface area is 140 Å². The number of hydrogen-bond acceptors (Lipinski definition) is 6. The van der Waals surface area contributed by atoms with Gasteiger partial charge in [0.2, 0.25) is 15.9 Å². The summed E-state index contributed by atoms with van der Waals surface area (Å²) in [5.41, 5.74) is 0.638. The van der Waals surface area contributed by atoms with Crippen molar-refractivity contribution in [1.29, 1.82) is 0 Å². The molecule has 2 heterocycles. The van der Waals surface area contributed by atoms with Crippen LogP contribution in [0.15, 0.2) is 17.1 Å². The summed E-state index contributed by atoms with van der Waals surface area (Å²) in [5, 5.41) is 11.7. The number of anilines is 1. The van der Waals surface area contributed by atoms with Crippen LogP contribution in [-0.2, 0) is 21.9 Å². The largest absolute Gasteiger partial charge is 0.370 e. The summed E-state index contributed by atoms with van der Waals surface area (Å²) in [4.78, 5) is 25.4. The van der Waals surface area contributed by atoms with Gasteiger partial charge in [-0.05, 0) is 18.8 Å². The van der Waals surface area contributed by atoms with Crippen LogP contribution in [0.2, 0.25) is 0 Å². The lowest BCUT2D eigenvalue weighted by molar-refractivity contribution is -0.121. The number of primary sulfonamides is 1. The highest BCUT2D eigenvalue weighted by Gasteiger charge is 2.23. The highest BCUT2D eigenvalue weighted by atomic mass is 32.2. The normalized spacial score (nSPS) is 17.9. The zero-order valence-corrected chi connectivity index (χ0v) is 14.5. The summed E-state index contributed by atoms with van der Waals surface area (Å²) in [5.74, 6) is -0.0725. The van der Waals surface area contributed by atoms with Crippen molar-refractivity contribution in [3.63, 3.8) is 0 Å². The third kappa shape index (κ3) is 5.60. The zero-order valence-electron chi connectivity index (χ0n) is 13.6. The lowest BCUT2D eigenvalue weighted by Gasteiger charge is -2.18. The minimum absolute atomic E-state index is 0.144. The first-order valence-corrected chi connectivity index (χ1v) is 9.51. The van der Waals surface area contributed by atoms with Crippen LogP contribution >= 0.6 is 0 Å². The number of rotatable bonds is 7. The molecular weight excluding hydrogens is 334 g/mol. The molecule has 9 nitrogen and oxygen atoms in total. The lowest BCUT2D eigenvalue weighted by Crippen LogP contribution is -2.31. The number of aryl methyl sites for hydroxylation is 1. The molecule has 0 aromatic carbocycles. The predicted octanol–water partition coefficient (Wildman–Crippen LogP) is -1.21. The van der Waals surface area contributed by atoms with Crippen molar-refractivity contribution < 1.29 is 13.2 Å². The molecule has 1 aliphatic heterocycles. The summed E-state index contributed by atoms with van der Waals surface area (Å²) in [6.45, 7) is 2.08. The molecule has 134 valence electrons. The monoisotopic (exact) mass is 357 g/mol. The number of nitrogens with two attached hydrogens (primary N) is 1. The van der Waals surface area contributed by atoms with Gasteiger partial charge in [-0.3, -0.25) is 9.59 Å². The molecule has 0 unspecified atom stereocenters. The Hall–Kier alpha value is -1.94. The van der Waals surface area contributed by atoms with Gasteiger partial charge in [-0.15, -0.1) is 0 Å². The average Bonchev–Trinajstić information content (AvgIpc) is 2.95. The maximum Gasteiger partial charge on any atom is 0.268 e. The van der Waals surface area contributed by atoms with E-state index in [1.165, 1.54) is 4.68 Å². The van der Waals surface area contributed by atoms with Crippen LogP contribution in [-0.4, -0.2) is 49.5 Å². The molecule has 1 atom stereocenters. The van der Waals surface area contributed by atoms with Crippen LogP contribution in [0, 0.1) is 5.92 Å². The first-order chi connectivity index (χ1) is 11.2. The fraction of sp³-hybridized carbons (Fsp3) is 0.643. The van der Waals surface area contributed by atoms with Gasteiger partial charge in [0.1, 0.15) is 0 Å². The zero-order chi connectivity index (χ0) is 17.7. The Bertz CT molecular complexity index is 746. The summed E-state index contributed by atoms with van der Waals surface area (Å²) in [6, 6.07) is 1.56. The summed E-state index contributed by atoms with van der Waals surface area (Å²) in [6.07, 6.45) is 2.94. The second kappa shape index (κ2) is 7.75. The summed E-state index contributed by atoms with van der Waals surface area (Å²) >= 11 is 0. The number of carbonyl (C=O) groups is 1. The molecule has 24 heavy (non-hydrogen) atoms. The highest BCUT2D eigenvalue weighted by Crippen LogP contribution is 2.21. The molecule has 1 saturated heterocycles. The highest BCUT2D eigenvalue weighted by molar-refractivity contribution is 7.89. The minimum Gasteiger partial charge on any atom is -0.370 e. The maximum atomic E-state index is 11.7. The third-order valence-electron chi connectivity index (χ3n) is 4.03. The molecule has 0 bridgehead atoms. The van der Waals surface area contributed by atoms with Crippen molar-refractivity contribution in [2.75, 3.05) is 30.3 Å². The lowest BCUT2D eigenvalue weighted by atomic mass is 10.1. The molecule has 0 spiro atoms. The van der Waals surface area contributed by atoms with Crippen LogP contribution in [0.4, 0.5) is 5.69 Å². The number of sulfonamides is 1. The summed E-state index contributed by atoms with van der Waals surface area (Å²) < 4.78 is 22.9. The SMILES string of the molecule is Cn1ncc(N2CC[C@@H](CNC(=O)CCCS(N)(=O)=O)C2)cc1=O. The van der Waals surface area contributed by atoms with Gasteiger partial charge >= 0.3 is 0 Å². The third-order valence-corrected chi connectivity index (χ3v) is 4.88. The van der Waals surface area contributed by atoms with E-state index >= 15 is 0 Å². The number of carbonyl (C=O) groups excluding carboxylic acids is 1. The van der Waals surface area contributed by atoms with Crippen LogP contribution in [0.5, 0.6) is 0 Å². The molecule has 1 aromatic rings. The van der Waals surface area contributed by atoms with E-state index in [0.29, 0.717) is 6.54 Å². The molecule has 10 heteroatoms. The Morgan fingerprint density at radius 2 is 2.25 bits per heavy atom. The van der Waals surface area contributed by atoms with E-state index in [9.17, 15) is 18.0 Å². The average molecular weight is 357 g/mol. The Morgan fingerprint density at radius 3 is 2.92 bits per heavy atom. The first kappa shape index (κ1) is 18.4. The molecule has 1 amide bonds. The molecule has 0 aliphatic carbocycles. The van der Waals surface area contributed by atoms with Gasteiger partial charge in [-0.2, -0.15) is 5.10 Å². The van der Waals surface area contributed by atoms with E-state index in [1.54, 1.807) is 19.3 Å². The van der Waals surface area contributed by atoms with Gasteiger partial charge in [0.15, 0.2) is 0 Å². The minimum atomic E-state index is -3.51. The standard InChI is InChI=1S/C14H23N5O4S/c1-18-14(21)7-12(9-17-18)19-5-4-11(10-19)8-16-13(20)3-2-6-24(15,22)23/h7,9,11H,2-6,8,10H2,1H3,(H,16,20)(H2,15,22,23)/t11-/m0/s1. The van der Waals surface area contributed by atoms with Gasteiger partial charge in [0, 0.05) is 39.2 Å². The molecule has 0 radical (unpaired) electrons. The number of aromatic nitrogens is 2. The fourth-order valence-electron chi connectivity index (χ4n) is 2.65. The fourth-order valence-corrected chi connectivity index (χ4v) is 3.19. The van der Waals surface area contributed by atoms with E-state index in [1.807, 2.05) is 0 Å². The van der Waals surface area contributed by atoms with E-state index in [4.69, 9.17) is 5.14 Å². The second-order valence-corrected chi connectivity index (χ2v) is 7.78. The first-order valence-electron chi connectivity index (χ1n) is 7.80. The Kier molecular flexibility index (Phi) is 5.94. The Balaban J connectivity index is 1.74. The molecule has 0 saturated carbocycles.